The SMILES string of the molecule is CCCCCCCCCCCCC(=O)Nc1ccc(C(=O)OC)cc1. The molecule has 0 bridgehead atoms. The number of anilines is 1. The molecule has 0 unspecified atom stereocenters. The van der Waals surface area contributed by atoms with Crippen LogP contribution in [0.15, 0.2) is 24.3 Å². The third kappa shape index (κ3) is 9.90. The van der Waals surface area contributed by atoms with Crippen LogP contribution in [0, 0.1) is 0 Å². The average Bonchev–Trinajstić information content (AvgIpc) is 2.63. The third-order valence-corrected chi connectivity index (χ3v) is 4.35. The summed E-state index contributed by atoms with van der Waals surface area (Å²) < 4.78 is 4.65. The second kappa shape index (κ2) is 13.5. The first-order chi connectivity index (χ1) is 12.2. The van der Waals surface area contributed by atoms with Crippen LogP contribution in [0.4, 0.5) is 5.69 Å². The number of amides is 1. The summed E-state index contributed by atoms with van der Waals surface area (Å²) in [5.41, 5.74) is 1.19. The maximum atomic E-state index is 11.9. The van der Waals surface area contributed by atoms with Crippen molar-refractivity contribution in [1.82, 2.24) is 0 Å². The lowest BCUT2D eigenvalue weighted by molar-refractivity contribution is -0.116. The number of carbonyl (C=O) groups is 2. The van der Waals surface area contributed by atoms with E-state index in [2.05, 4.69) is 17.0 Å². The number of nitrogens with one attached hydrogen (secondary N) is 1. The molecule has 1 aromatic carbocycles. The first-order valence-corrected chi connectivity index (χ1v) is 9.65. The minimum absolute atomic E-state index is 0.0328. The van der Waals surface area contributed by atoms with Gasteiger partial charge in [-0.05, 0) is 30.7 Å². The van der Waals surface area contributed by atoms with Gasteiger partial charge in [-0.2, -0.15) is 0 Å². The van der Waals surface area contributed by atoms with E-state index in [1.54, 1.807) is 24.3 Å². The molecule has 0 saturated heterocycles. The highest BCUT2D eigenvalue weighted by Gasteiger charge is 2.06. The van der Waals surface area contributed by atoms with E-state index in [4.69, 9.17) is 0 Å². The van der Waals surface area contributed by atoms with Gasteiger partial charge in [0.05, 0.1) is 12.7 Å². The molecule has 1 N–H and O–H groups in total. The van der Waals surface area contributed by atoms with Crippen LogP contribution >= 0.6 is 0 Å². The summed E-state index contributed by atoms with van der Waals surface area (Å²) in [5, 5.41) is 2.87. The molecule has 0 spiro atoms. The summed E-state index contributed by atoms with van der Waals surface area (Å²) in [5.74, 6) is -0.339. The molecule has 140 valence electrons. The average molecular weight is 347 g/mol. The molecule has 0 atom stereocenters. The van der Waals surface area contributed by atoms with Crippen molar-refractivity contribution in [1.29, 1.82) is 0 Å². The largest absolute Gasteiger partial charge is 0.465 e. The van der Waals surface area contributed by atoms with Crippen LogP contribution in [0.25, 0.3) is 0 Å². The lowest BCUT2D eigenvalue weighted by Gasteiger charge is -2.06. The van der Waals surface area contributed by atoms with E-state index in [9.17, 15) is 9.59 Å². The van der Waals surface area contributed by atoms with Crippen LogP contribution < -0.4 is 5.32 Å². The van der Waals surface area contributed by atoms with Crippen LogP contribution in [0.1, 0.15) is 87.9 Å². The van der Waals surface area contributed by atoms with Gasteiger partial charge < -0.3 is 10.1 Å². The summed E-state index contributed by atoms with van der Waals surface area (Å²) in [6, 6.07) is 6.76. The van der Waals surface area contributed by atoms with Gasteiger partial charge in [-0.3, -0.25) is 4.79 Å². The number of rotatable bonds is 13. The van der Waals surface area contributed by atoms with Gasteiger partial charge in [0, 0.05) is 12.1 Å². The van der Waals surface area contributed by atoms with Gasteiger partial charge in [-0.25, -0.2) is 4.79 Å². The van der Waals surface area contributed by atoms with Gasteiger partial charge in [0.1, 0.15) is 0 Å². The fourth-order valence-corrected chi connectivity index (χ4v) is 2.80. The first-order valence-electron chi connectivity index (χ1n) is 9.65. The molecule has 0 heterocycles. The molecule has 0 aliphatic rings. The number of methoxy groups -OCH3 is 1. The van der Waals surface area contributed by atoms with Crippen molar-refractivity contribution < 1.29 is 14.3 Å². The molecule has 0 radical (unpaired) electrons. The zero-order chi connectivity index (χ0) is 18.3. The normalized spacial score (nSPS) is 10.5. The minimum atomic E-state index is -0.372. The van der Waals surface area contributed by atoms with Crippen molar-refractivity contribution in [3.8, 4) is 0 Å². The maximum Gasteiger partial charge on any atom is 0.337 e. The molecule has 1 amide bonds. The topological polar surface area (TPSA) is 55.4 Å². The van der Waals surface area contributed by atoms with Crippen molar-refractivity contribution in [3.63, 3.8) is 0 Å². The molecule has 4 heteroatoms. The molecule has 0 aliphatic heterocycles. The molecule has 1 rings (SSSR count). The highest BCUT2D eigenvalue weighted by atomic mass is 16.5. The fourth-order valence-electron chi connectivity index (χ4n) is 2.80. The van der Waals surface area contributed by atoms with Gasteiger partial charge in [0.15, 0.2) is 0 Å². The van der Waals surface area contributed by atoms with Crippen LogP contribution in [-0.4, -0.2) is 19.0 Å². The number of ether oxygens (including phenoxy) is 1. The van der Waals surface area contributed by atoms with E-state index in [0.29, 0.717) is 17.7 Å². The summed E-state index contributed by atoms with van der Waals surface area (Å²) in [7, 11) is 1.35. The summed E-state index contributed by atoms with van der Waals surface area (Å²) in [6.07, 6.45) is 13.2. The van der Waals surface area contributed by atoms with Crippen molar-refractivity contribution in [3.05, 3.63) is 29.8 Å². The predicted molar refractivity (Wildman–Crippen MR) is 103 cm³/mol. The standard InChI is InChI=1S/C21H33NO3/c1-3-4-5-6-7-8-9-10-11-12-13-20(23)22-19-16-14-18(15-17-19)21(24)25-2/h14-17H,3-13H2,1-2H3,(H,22,23). The Bertz CT molecular complexity index is 496. The summed E-state index contributed by atoms with van der Waals surface area (Å²) >= 11 is 0. The van der Waals surface area contributed by atoms with Crippen molar-refractivity contribution >= 4 is 17.6 Å². The maximum absolute atomic E-state index is 11.9. The first kappa shape index (κ1) is 21.2. The smallest absolute Gasteiger partial charge is 0.337 e. The number of carbonyl (C=O) groups excluding carboxylic acids is 2. The Balaban J connectivity index is 2.06. The Morgan fingerprint density at radius 3 is 1.88 bits per heavy atom. The van der Waals surface area contributed by atoms with E-state index in [1.807, 2.05) is 0 Å². The molecular weight excluding hydrogens is 314 g/mol. The van der Waals surface area contributed by atoms with Gasteiger partial charge >= 0.3 is 5.97 Å². The second-order valence-corrected chi connectivity index (χ2v) is 6.55. The quantitative estimate of drug-likeness (QED) is 0.366. The van der Waals surface area contributed by atoms with E-state index in [-0.39, 0.29) is 11.9 Å². The lowest BCUT2D eigenvalue weighted by atomic mass is 10.1. The third-order valence-electron chi connectivity index (χ3n) is 4.35. The molecule has 0 saturated carbocycles. The van der Waals surface area contributed by atoms with Gasteiger partial charge in [-0.15, -0.1) is 0 Å². The van der Waals surface area contributed by atoms with Crippen LogP contribution in [0.2, 0.25) is 0 Å². The van der Waals surface area contributed by atoms with Crippen molar-refractivity contribution in [2.75, 3.05) is 12.4 Å². The van der Waals surface area contributed by atoms with Crippen LogP contribution in [0.5, 0.6) is 0 Å². The van der Waals surface area contributed by atoms with E-state index in [1.165, 1.54) is 58.5 Å². The number of benzene rings is 1. The van der Waals surface area contributed by atoms with Gasteiger partial charge in [0.2, 0.25) is 5.91 Å². The van der Waals surface area contributed by atoms with Gasteiger partial charge in [-0.1, -0.05) is 64.7 Å². The number of esters is 1. The Hall–Kier alpha value is -1.84. The number of unbranched alkanes of at least 4 members (excludes halogenated alkanes) is 9. The van der Waals surface area contributed by atoms with Gasteiger partial charge in [0.25, 0.3) is 0 Å². The predicted octanol–water partition coefficient (Wildman–Crippen LogP) is 5.72. The Morgan fingerprint density at radius 2 is 1.36 bits per heavy atom. The zero-order valence-corrected chi connectivity index (χ0v) is 15.8. The minimum Gasteiger partial charge on any atom is -0.465 e. The molecule has 0 aliphatic carbocycles. The molecule has 0 aromatic heterocycles. The fraction of sp³-hybridized carbons (Fsp3) is 0.619. The second-order valence-electron chi connectivity index (χ2n) is 6.55. The highest BCUT2D eigenvalue weighted by Crippen LogP contribution is 2.13. The summed E-state index contributed by atoms with van der Waals surface area (Å²) in [6.45, 7) is 2.24. The molecule has 1 aromatic rings. The number of hydrogen-bond acceptors (Lipinski definition) is 3. The Labute approximate surface area is 152 Å². The molecule has 0 fully saturated rings. The highest BCUT2D eigenvalue weighted by molar-refractivity contribution is 5.92. The van der Waals surface area contributed by atoms with Crippen molar-refractivity contribution in [2.45, 2.75) is 77.6 Å². The monoisotopic (exact) mass is 347 g/mol. The van der Waals surface area contributed by atoms with E-state index in [0.717, 1.165) is 12.8 Å². The van der Waals surface area contributed by atoms with E-state index < -0.39 is 0 Å². The van der Waals surface area contributed by atoms with E-state index >= 15 is 0 Å². The molecule has 4 nitrogen and oxygen atoms in total. The Kier molecular flexibility index (Phi) is 11.4. The van der Waals surface area contributed by atoms with Crippen LogP contribution in [0.3, 0.4) is 0 Å². The molecule has 25 heavy (non-hydrogen) atoms. The van der Waals surface area contributed by atoms with Crippen molar-refractivity contribution in [2.24, 2.45) is 0 Å². The zero-order valence-electron chi connectivity index (χ0n) is 15.8. The Morgan fingerprint density at radius 1 is 0.840 bits per heavy atom. The lowest BCUT2D eigenvalue weighted by Crippen LogP contribution is -2.11. The van der Waals surface area contributed by atoms with Crippen LogP contribution in [-0.2, 0) is 9.53 Å². The number of hydrogen-bond donors (Lipinski definition) is 1. The summed E-state index contributed by atoms with van der Waals surface area (Å²) in [4.78, 5) is 23.3. The molecular formula is C21H33NO3.